The zero-order valence-corrected chi connectivity index (χ0v) is 16.3. The molecule has 0 spiro atoms. The van der Waals surface area contributed by atoms with Crippen LogP contribution in [0.2, 0.25) is 0 Å². The van der Waals surface area contributed by atoms with Crippen LogP contribution in [0.5, 0.6) is 0 Å². The molecule has 136 valence electrons. The monoisotopic (exact) mass is 409 g/mol. The fourth-order valence-corrected chi connectivity index (χ4v) is 5.35. The molecule has 25 heavy (non-hydrogen) atoms. The number of amides is 1. The summed E-state index contributed by atoms with van der Waals surface area (Å²) in [6, 6.07) is 8.77. The van der Waals surface area contributed by atoms with Crippen molar-refractivity contribution in [3.63, 3.8) is 0 Å². The predicted octanol–water partition coefficient (Wildman–Crippen LogP) is 2.19. The summed E-state index contributed by atoms with van der Waals surface area (Å²) in [5, 5.41) is 10.8. The third kappa shape index (κ3) is 4.73. The van der Waals surface area contributed by atoms with Crippen molar-refractivity contribution in [1.29, 1.82) is 0 Å². The summed E-state index contributed by atoms with van der Waals surface area (Å²) >= 11 is -5.02. The number of carbonyl (C=O) groups is 1. The van der Waals surface area contributed by atoms with Gasteiger partial charge >= 0.3 is 89.1 Å². The van der Waals surface area contributed by atoms with Gasteiger partial charge in [-0.15, -0.1) is 0 Å². The van der Waals surface area contributed by atoms with E-state index in [-0.39, 0.29) is 6.42 Å². The van der Waals surface area contributed by atoms with Crippen LogP contribution in [-0.2, 0) is 25.3 Å². The van der Waals surface area contributed by atoms with E-state index in [1.54, 1.807) is 23.3 Å². The van der Waals surface area contributed by atoms with Gasteiger partial charge in [0.15, 0.2) is 0 Å². The fourth-order valence-electron chi connectivity index (χ4n) is 3.14. The summed E-state index contributed by atoms with van der Waals surface area (Å²) in [6.07, 6.45) is 8.84. The first kappa shape index (κ1) is 19.7. The Kier molecular flexibility index (Phi) is 6.46. The van der Waals surface area contributed by atoms with Gasteiger partial charge in [-0.05, 0) is 29.9 Å². The summed E-state index contributed by atoms with van der Waals surface area (Å²) in [5.41, 5.74) is 3.13. The van der Waals surface area contributed by atoms with Crippen molar-refractivity contribution in [2.75, 3.05) is 0 Å². The van der Waals surface area contributed by atoms with Crippen LogP contribution in [0, 0.1) is 5.92 Å². The van der Waals surface area contributed by atoms with Crippen molar-refractivity contribution in [2.45, 2.75) is 37.4 Å². The van der Waals surface area contributed by atoms with E-state index in [0.29, 0.717) is 0 Å². The largest absolute Gasteiger partial charge is 0.0620 e. The molecule has 2 unspecified atom stereocenters. The Labute approximate surface area is 150 Å². The molecular formula is C18H24AsNO5. The second-order valence-electron chi connectivity index (χ2n) is 6.48. The molecule has 0 radical (unpaired) electrons. The number of benzene rings is 1. The van der Waals surface area contributed by atoms with Gasteiger partial charge in [-0.3, -0.25) is 0 Å². The molecule has 0 bridgehead atoms. The van der Waals surface area contributed by atoms with Crippen LogP contribution in [0.3, 0.4) is 0 Å². The van der Waals surface area contributed by atoms with Gasteiger partial charge in [0, 0.05) is 0 Å². The summed E-state index contributed by atoms with van der Waals surface area (Å²) in [6.45, 7) is 3.54. The van der Waals surface area contributed by atoms with Crippen LogP contribution in [0.15, 0.2) is 48.6 Å². The molecular weight excluding hydrogens is 385 g/mol. The Morgan fingerprint density at radius 2 is 1.88 bits per heavy atom. The molecule has 0 aliphatic heterocycles. The van der Waals surface area contributed by atoms with E-state index in [2.05, 4.69) is 40.4 Å². The zero-order valence-electron chi connectivity index (χ0n) is 14.4. The van der Waals surface area contributed by atoms with Gasteiger partial charge < -0.3 is 0 Å². The predicted molar refractivity (Wildman–Crippen MR) is 94.8 cm³/mol. The number of hydrogen-bond donors (Lipinski definition) is 3. The van der Waals surface area contributed by atoms with Gasteiger partial charge in [0.1, 0.15) is 0 Å². The first-order chi connectivity index (χ1) is 11.8. The molecule has 2 atom stereocenters. The summed E-state index contributed by atoms with van der Waals surface area (Å²) in [5.74, 6) is 0.403. The molecule has 1 aromatic carbocycles. The molecule has 6 nitrogen and oxygen atoms in total. The number of fused-ring (bicyclic) bond motifs is 1. The Hall–Kier alpha value is -1.59. The molecule has 1 aromatic rings. The van der Waals surface area contributed by atoms with Crippen LogP contribution < -0.4 is 5.32 Å². The van der Waals surface area contributed by atoms with E-state index in [1.807, 2.05) is 0 Å². The maximum Gasteiger partial charge on any atom is -0.0247 e. The van der Waals surface area contributed by atoms with Crippen LogP contribution in [0.1, 0.15) is 31.4 Å². The fraction of sp³-hybridized carbons (Fsp3) is 0.389. The number of rotatable bonds is 3. The normalized spacial score (nSPS) is 24.0. The minimum atomic E-state index is -5.02. The van der Waals surface area contributed by atoms with E-state index in [4.69, 9.17) is 5.26 Å². The van der Waals surface area contributed by atoms with Crippen molar-refractivity contribution in [2.24, 2.45) is 5.92 Å². The van der Waals surface area contributed by atoms with E-state index >= 15 is 0 Å². The third-order valence-electron chi connectivity index (χ3n) is 4.31. The molecule has 7 heteroatoms. The molecule has 0 saturated heterocycles. The van der Waals surface area contributed by atoms with Crippen molar-refractivity contribution < 1.29 is 21.8 Å². The number of nitrogens with one attached hydrogen (secondary N) is 1. The molecule has 0 fully saturated rings. The average molecular weight is 409 g/mol. The van der Waals surface area contributed by atoms with Crippen LogP contribution in [0.25, 0.3) is 0 Å². The third-order valence-corrected chi connectivity index (χ3v) is 7.82. The summed E-state index contributed by atoms with van der Waals surface area (Å²) in [7, 11) is 0. The van der Waals surface area contributed by atoms with Gasteiger partial charge in [0.05, 0.1) is 0 Å². The molecule has 0 aromatic heterocycles. The van der Waals surface area contributed by atoms with E-state index < -0.39 is 24.4 Å². The molecule has 0 heterocycles. The smallest absolute Gasteiger partial charge is 0.0247 e. The van der Waals surface area contributed by atoms with Gasteiger partial charge in [-0.25, -0.2) is 0 Å². The quantitative estimate of drug-likeness (QED) is 0.404. The molecule has 2 aliphatic rings. The molecule has 0 saturated carbocycles. The molecule has 3 N–H and O–H groups in total. The molecule has 2 aliphatic carbocycles. The maximum atomic E-state index is 11.6. The van der Waals surface area contributed by atoms with Crippen molar-refractivity contribution in [3.05, 3.63) is 59.7 Å². The van der Waals surface area contributed by atoms with Gasteiger partial charge in [0.25, 0.3) is 0 Å². The second-order valence-corrected chi connectivity index (χ2v) is 10.7. The van der Waals surface area contributed by atoms with Crippen molar-refractivity contribution >= 4 is 20.1 Å². The van der Waals surface area contributed by atoms with Crippen LogP contribution >= 0.6 is 0 Å². The molecule has 1 amide bonds. The van der Waals surface area contributed by atoms with Gasteiger partial charge in [-0.2, -0.15) is 0 Å². The minimum absolute atomic E-state index is 0.108. The average Bonchev–Trinajstić information content (AvgIpc) is 2.95. The zero-order chi connectivity index (χ0) is 18.5. The minimum Gasteiger partial charge on any atom is -0.0620 e. The Morgan fingerprint density at radius 3 is 2.32 bits per heavy atom. The molecule has 3 rings (SSSR count). The van der Waals surface area contributed by atoms with E-state index in [0.717, 1.165) is 5.92 Å². The second kappa shape index (κ2) is 8.19. The maximum absolute atomic E-state index is 11.6. The number of carbonyl (C=O) groups excluding carboxylic acids is 1. The first-order valence-electron chi connectivity index (χ1n) is 8.15. The first-order valence-corrected chi connectivity index (χ1v) is 11.5. The Bertz CT molecular complexity index is 705. The van der Waals surface area contributed by atoms with Crippen molar-refractivity contribution in [1.82, 2.24) is 5.32 Å². The van der Waals surface area contributed by atoms with E-state index in [1.165, 1.54) is 31.9 Å². The van der Waals surface area contributed by atoms with Gasteiger partial charge in [0.2, 0.25) is 0 Å². The van der Waals surface area contributed by atoms with Crippen LogP contribution in [0.4, 0.5) is 0 Å². The van der Waals surface area contributed by atoms with Gasteiger partial charge in [-0.1, -0.05) is 31.2 Å². The SMILES string of the molecule is CC(=O)NC1([As](=O)(O)OO)C=CC=CC1.CC1Cc2ccccc2C1. The van der Waals surface area contributed by atoms with E-state index in [9.17, 15) is 12.6 Å². The number of hydrogen-bond acceptors (Lipinski definition) is 4. The number of allylic oxidation sites excluding steroid dienone is 2. The summed E-state index contributed by atoms with van der Waals surface area (Å²) < 4.78 is 23.3. The Morgan fingerprint density at radius 1 is 1.28 bits per heavy atom. The summed E-state index contributed by atoms with van der Waals surface area (Å²) in [4.78, 5) is 11.0. The Balaban J connectivity index is 0.000000194. The standard InChI is InChI=1S/C10H12.C8H12AsNO5/c1-8-6-9-4-2-3-5-10(9)7-8;1-7(11)10-8(9(12,13)15-14)5-3-2-4-6-8/h2-5,8H,6-7H2,1H3;2-5,14H,6H2,1H3,(H,10,11)(H,12,13). The van der Waals surface area contributed by atoms with Crippen LogP contribution in [-0.4, -0.2) is 33.8 Å². The van der Waals surface area contributed by atoms with Crippen molar-refractivity contribution in [3.8, 4) is 0 Å². The topological polar surface area (TPSA) is 95.9 Å².